The maximum absolute atomic E-state index is 11.9. The maximum atomic E-state index is 11.9. The van der Waals surface area contributed by atoms with Gasteiger partial charge in [-0.25, -0.2) is 4.79 Å². The van der Waals surface area contributed by atoms with Gasteiger partial charge in [-0.05, 0) is 24.3 Å². The van der Waals surface area contributed by atoms with Crippen LogP contribution in [0, 0.1) is 0 Å². The highest BCUT2D eigenvalue weighted by atomic mass is 16.5. The Morgan fingerprint density at radius 2 is 1.79 bits per heavy atom. The van der Waals surface area contributed by atoms with E-state index >= 15 is 0 Å². The van der Waals surface area contributed by atoms with Crippen LogP contribution in [0.3, 0.4) is 0 Å². The molecule has 8 heteroatoms. The smallest absolute Gasteiger partial charge is 0.331 e. The summed E-state index contributed by atoms with van der Waals surface area (Å²) in [4.78, 5) is 35.2. The van der Waals surface area contributed by atoms with Crippen molar-refractivity contribution in [2.45, 2.75) is 0 Å². The molecule has 146 valence electrons. The van der Waals surface area contributed by atoms with Gasteiger partial charge in [0, 0.05) is 11.6 Å². The molecule has 0 saturated carbocycles. The molecule has 2 aromatic rings. The van der Waals surface area contributed by atoms with E-state index in [0.29, 0.717) is 17.1 Å². The molecule has 2 aromatic carbocycles. The second-order valence-corrected chi connectivity index (χ2v) is 5.48. The van der Waals surface area contributed by atoms with Gasteiger partial charge in [0.25, 0.3) is 11.8 Å². The van der Waals surface area contributed by atoms with E-state index in [1.807, 2.05) is 0 Å². The minimum atomic E-state index is -0.719. The molecule has 0 bridgehead atoms. The maximum Gasteiger partial charge on any atom is 0.331 e. The van der Waals surface area contributed by atoms with E-state index in [1.54, 1.807) is 30.3 Å². The zero-order chi connectivity index (χ0) is 20.5. The Balaban J connectivity index is 1.95. The molecule has 2 rings (SSSR count). The van der Waals surface area contributed by atoms with Crippen LogP contribution in [0.4, 0.5) is 5.69 Å². The number of primary amides is 1. The molecule has 8 nitrogen and oxygen atoms in total. The lowest BCUT2D eigenvalue weighted by Crippen LogP contribution is -2.22. The van der Waals surface area contributed by atoms with Crippen molar-refractivity contribution in [3.05, 3.63) is 59.7 Å². The van der Waals surface area contributed by atoms with Crippen LogP contribution in [0.15, 0.2) is 48.5 Å². The fourth-order valence-corrected chi connectivity index (χ4v) is 2.38. The third-order valence-electron chi connectivity index (χ3n) is 3.64. The highest BCUT2D eigenvalue weighted by molar-refractivity contribution is 6.03. The second-order valence-electron chi connectivity index (χ2n) is 5.48. The van der Waals surface area contributed by atoms with Crippen molar-refractivity contribution in [3.8, 4) is 11.5 Å². The van der Waals surface area contributed by atoms with Crippen molar-refractivity contribution in [2.24, 2.45) is 5.73 Å². The molecule has 0 radical (unpaired) electrons. The Morgan fingerprint density at radius 1 is 1.04 bits per heavy atom. The van der Waals surface area contributed by atoms with Crippen LogP contribution in [-0.2, 0) is 14.3 Å². The topological polar surface area (TPSA) is 117 Å². The average Bonchev–Trinajstić information content (AvgIpc) is 2.70. The summed E-state index contributed by atoms with van der Waals surface area (Å²) in [5, 5.41) is 2.48. The van der Waals surface area contributed by atoms with E-state index < -0.39 is 24.4 Å². The molecule has 0 aliphatic heterocycles. The number of anilines is 1. The summed E-state index contributed by atoms with van der Waals surface area (Å²) in [5.41, 5.74) is 6.26. The van der Waals surface area contributed by atoms with Gasteiger partial charge >= 0.3 is 5.97 Å². The standard InChI is InChI=1S/C20H20N2O6/c1-26-16-9-5-6-13(19(16)27-2)10-11-18(24)28-12-17(23)22-15-8-4-3-7-14(15)20(21)25/h3-11H,12H2,1-2H3,(H2,21,25)(H,22,23)/b11-10+. The number of esters is 1. The Kier molecular flexibility index (Phi) is 7.15. The second kappa shape index (κ2) is 9.77. The van der Waals surface area contributed by atoms with E-state index in [0.717, 1.165) is 0 Å². The minimum absolute atomic E-state index is 0.159. The number of nitrogens with two attached hydrogens (primary N) is 1. The molecule has 0 saturated heterocycles. The first kappa shape index (κ1) is 20.5. The van der Waals surface area contributed by atoms with Crippen LogP contribution < -0.4 is 20.5 Å². The molecule has 28 heavy (non-hydrogen) atoms. The van der Waals surface area contributed by atoms with Crippen molar-refractivity contribution < 1.29 is 28.6 Å². The number of para-hydroxylation sites is 2. The SMILES string of the molecule is COc1cccc(/C=C/C(=O)OCC(=O)Nc2ccccc2C(N)=O)c1OC. The van der Waals surface area contributed by atoms with Crippen LogP contribution in [0.2, 0.25) is 0 Å². The summed E-state index contributed by atoms with van der Waals surface area (Å²) in [5.74, 6) is -1.01. The number of benzene rings is 2. The van der Waals surface area contributed by atoms with Crippen LogP contribution in [0.5, 0.6) is 11.5 Å². The van der Waals surface area contributed by atoms with Gasteiger partial charge in [-0.3, -0.25) is 9.59 Å². The van der Waals surface area contributed by atoms with Crippen LogP contribution >= 0.6 is 0 Å². The number of hydrogen-bond donors (Lipinski definition) is 2. The van der Waals surface area contributed by atoms with Crippen LogP contribution in [-0.4, -0.2) is 38.6 Å². The van der Waals surface area contributed by atoms with Gasteiger partial charge in [0.1, 0.15) is 0 Å². The number of nitrogens with one attached hydrogen (secondary N) is 1. The first-order chi connectivity index (χ1) is 13.5. The lowest BCUT2D eigenvalue weighted by molar-refractivity contribution is -0.142. The Hall–Kier alpha value is -3.81. The first-order valence-electron chi connectivity index (χ1n) is 8.20. The fourth-order valence-electron chi connectivity index (χ4n) is 2.38. The molecule has 0 atom stereocenters. The quantitative estimate of drug-likeness (QED) is 0.531. The van der Waals surface area contributed by atoms with Crippen molar-refractivity contribution in [1.82, 2.24) is 0 Å². The molecule has 2 amide bonds. The molecule has 0 aromatic heterocycles. The summed E-state index contributed by atoms with van der Waals surface area (Å²) in [6.07, 6.45) is 2.66. The lowest BCUT2D eigenvalue weighted by Gasteiger charge is -2.10. The summed E-state index contributed by atoms with van der Waals surface area (Å²) in [7, 11) is 3.00. The highest BCUT2D eigenvalue weighted by Gasteiger charge is 2.12. The monoisotopic (exact) mass is 384 g/mol. The highest BCUT2D eigenvalue weighted by Crippen LogP contribution is 2.31. The molecular formula is C20H20N2O6. The molecule has 0 aliphatic carbocycles. The number of hydrogen-bond acceptors (Lipinski definition) is 6. The van der Waals surface area contributed by atoms with Gasteiger partial charge in [0.05, 0.1) is 25.5 Å². The molecule has 0 spiro atoms. The van der Waals surface area contributed by atoms with E-state index in [4.69, 9.17) is 19.9 Å². The zero-order valence-electron chi connectivity index (χ0n) is 15.4. The number of carbonyl (C=O) groups is 3. The zero-order valence-corrected chi connectivity index (χ0v) is 15.4. The van der Waals surface area contributed by atoms with Crippen molar-refractivity contribution in [3.63, 3.8) is 0 Å². The van der Waals surface area contributed by atoms with Crippen LogP contribution in [0.1, 0.15) is 15.9 Å². The van der Waals surface area contributed by atoms with Crippen molar-refractivity contribution >= 4 is 29.5 Å². The molecule has 0 unspecified atom stereocenters. The van der Waals surface area contributed by atoms with E-state index in [-0.39, 0.29) is 11.3 Å². The molecule has 0 fully saturated rings. The fraction of sp³-hybridized carbons (Fsp3) is 0.150. The first-order valence-corrected chi connectivity index (χ1v) is 8.20. The van der Waals surface area contributed by atoms with Crippen molar-refractivity contribution in [1.29, 1.82) is 0 Å². The van der Waals surface area contributed by atoms with E-state index in [1.165, 1.54) is 38.5 Å². The third kappa shape index (κ3) is 5.34. The number of ether oxygens (including phenoxy) is 3. The van der Waals surface area contributed by atoms with Gasteiger partial charge in [0.2, 0.25) is 0 Å². The average molecular weight is 384 g/mol. The van der Waals surface area contributed by atoms with E-state index in [9.17, 15) is 14.4 Å². The van der Waals surface area contributed by atoms with Gasteiger partial charge in [-0.1, -0.05) is 24.3 Å². The Bertz CT molecular complexity index is 907. The number of amides is 2. The predicted octanol–water partition coefficient (Wildman–Crippen LogP) is 2.00. The molecule has 3 N–H and O–H groups in total. The molecular weight excluding hydrogens is 364 g/mol. The summed E-state index contributed by atoms with van der Waals surface area (Å²) in [6.45, 7) is -0.522. The largest absolute Gasteiger partial charge is 0.493 e. The Morgan fingerprint density at radius 3 is 2.46 bits per heavy atom. The predicted molar refractivity (Wildman–Crippen MR) is 103 cm³/mol. The number of rotatable bonds is 8. The van der Waals surface area contributed by atoms with Crippen LogP contribution in [0.25, 0.3) is 6.08 Å². The Labute approximate surface area is 161 Å². The van der Waals surface area contributed by atoms with Gasteiger partial charge in [-0.15, -0.1) is 0 Å². The molecule has 0 aliphatic rings. The number of carbonyl (C=O) groups excluding carboxylic acids is 3. The summed E-state index contributed by atoms with van der Waals surface area (Å²) in [6, 6.07) is 11.5. The van der Waals surface area contributed by atoms with Gasteiger partial charge in [-0.2, -0.15) is 0 Å². The normalized spacial score (nSPS) is 10.4. The third-order valence-corrected chi connectivity index (χ3v) is 3.64. The van der Waals surface area contributed by atoms with Gasteiger partial charge < -0.3 is 25.3 Å². The van der Waals surface area contributed by atoms with E-state index in [2.05, 4.69) is 5.32 Å². The van der Waals surface area contributed by atoms with Gasteiger partial charge in [0.15, 0.2) is 18.1 Å². The lowest BCUT2D eigenvalue weighted by atomic mass is 10.1. The minimum Gasteiger partial charge on any atom is -0.493 e. The summed E-state index contributed by atoms with van der Waals surface area (Å²) >= 11 is 0. The van der Waals surface area contributed by atoms with Crippen molar-refractivity contribution in [2.75, 3.05) is 26.1 Å². The number of methoxy groups -OCH3 is 2. The summed E-state index contributed by atoms with van der Waals surface area (Å²) < 4.78 is 15.4. The molecule has 0 heterocycles.